The zero-order valence-corrected chi connectivity index (χ0v) is 12.4. The lowest BCUT2D eigenvalue weighted by molar-refractivity contribution is -0.149. The number of fused-ring (bicyclic) bond motifs is 1. The van der Waals surface area contributed by atoms with Crippen LogP contribution in [0.5, 0.6) is 0 Å². The van der Waals surface area contributed by atoms with Gasteiger partial charge >= 0.3 is 5.97 Å². The summed E-state index contributed by atoms with van der Waals surface area (Å²) in [7, 11) is 0. The first kappa shape index (κ1) is 14.1. The molecule has 3 nitrogen and oxygen atoms in total. The van der Waals surface area contributed by atoms with Crippen LogP contribution >= 0.6 is 0 Å². The molecule has 3 rings (SSSR count). The highest BCUT2D eigenvalue weighted by Gasteiger charge is 2.28. The lowest BCUT2D eigenvalue weighted by atomic mass is 9.78. The molecule has 21 heavy (non-hydrogen) atoms. The van der Waals surface area contributed by atoms with Gasteiger partial charge in [0.15, 0.2) is 0 Å². The first-order valence-electron chi connectivity index (χ1n) is 7.80. The van der Waals surface area contributed by atoms with Crippen LogP contribution in [0.3, 0.4) is 0 Å². The second-order valence-electron chi connectivity index (χ2n) is 5.72. The topological polar surface area (TPSA) is 39.2 Å². The van der Waals surface area contributed by atoms with Gasteiger partial charge in [0.25, 0.3) is 0 Å². The van der Waals surface area contributed by atoms with Crippen LogP contribution in [0.1, 0.15) is 44.1 Å². The summed E-state index contributed by atoms with van der Waals surface area (Å²) in [6, 6.07) is 10.4. The molecular formula is C18H21NO2. The molecule has 0 amide bonds. The molecule has 110 valence electrons. The number of hydrogen-bond acceptors (Lipinski definition) is 3. The average Bonchev–Trinajstić information content (AvgIpc) is 2.55. The third kappa shape index (κ3) is 2.92. The van der Waals surface area contributed by atoms with Crippen LogP contribution in [-0.2, 0) is 9.53 Å². The summed E-state index contributed by atoms with van der Waals surface area (Å²) in [5, 5.41) is 1.25. The molecule has 1 saturated carbocycles. The minimum atomic E-state index is -0.0180. The van der Waals surface area contributed by atoms with E-state index in [4.69, 9.17) is 4.74 Å². The fraction of sp³-hybridized carbons (Fsp3) is 0.444. The first-order valence-corrected chi connectivity index (χ1v) is 7.80. The van der Waals surface area contributed by atoms with Gasteiger partial charge in [-0.2, -0.15) is 0 Å². The molecule has 0 spiro atoms. The number of carbonyl (C=O) groups excluding carboxylic acids is 1. The number of carbonyl (C=O) groups is 1. The van der Waals surface area contributed by atoms with E-state index in [0.29, 0.717) is 12.5 Å². The zero-order chi connectivity index (χ0) is 14.7. The molecule has 1 aromatic heterocycles. The fourth-order valence-electron chi connectivity index (χ4n) is 3.37. The minimum absolute atomic E-state index is 0.0180. The Balaban J connectivity index is 1.76. The molecule has 1 heterocycles. The molecule has 0 N–H and O–H groups in total. The quantitative estimate of drug-likeness (QED) is 0.797. The zero-order valence-electron chi connectivity index (χ0n) is 12.4. The van der Waals surface area contributed by atoms with E-state index >= 15 is 0 Å². The SMILES string of the molecule is CCOC(=O)[C@H]1CC[C@H](c2ccnc3ccccc32)CC1. The lowest BCUT2D eigenvalue weighted by Gasteiger charge is -2.28. The molecular weight excluding hydrogens is 262 g/mol. The number of ether oxygens (including phenoxy) is 1. The molecule has 0 radical (unpaired) electrons. The second kappa shape index (κ2) is 6.25. The van der Waals surface area contributed by atoms with E-state index in [1.807, 2.05) is 19.2 Å². The standard InChI is InChI=1S/C18H21NO2/c1-2-21-18(20)14-9-7-13(8-10-14)15-11-12-19-17-6-4-3-5-16(15)17/h3-6,11-14H,2,7-10H2,1H3/t13-,14-. The van der Waals surface area contributed by atoms with Crippen molar-refractivity contribution in [3.8, 4) is 0 Å². The Bertz CT molecular complexity index is 625. The number of benzene rings is 1. The van der Waals surface area contributed by atoms with Crippen molar-refractivity contribution < 1.29 is 9.53 Å². The van der Waals surface area contributed by atoms with Crippen LogP contribution in [0, 0.1) is 5.92 Å². The number of rotatable bonds is 3. The number of hydrogen-bond donors (Lipinski definition) is 0. The van der Waals surface area contributed by atoms with E-state index in [2.05, 4.69) is 29.2 Å². The summed E-state index contributed by atoms with van der Waals surface area (Å²) in [5.41, 5.74) is 2.44. The number of nitrogens with zero attached hydrogens (tertiary/aromatic N) is 1. The van der Waals surface area contributed by atoms with Gasteiger partial charge in [0.05, 0.1) is 18.0 Å². The monoisotopic (exact) mass is 283 g/mol. The van der Waals surface area contributed by atoms with Crippen LogP contribution in [-0.4, -0.2) is 17.6 Å². The molecule has 1 fully saturated rings. The number of pyridine rings is 1. The van der Waals surface area contributed by atoms with Crippen LogP contribution < -0.4 is 0 Å². The molecule has 0 atom stereocenters. The van der Waals surface area contributed by atoms with Crippen molar-refractivity contribution in [2.45, 2.75) is 38.5 Å². The van der Waals surface area contributed by atoms with E-state index in [1.165, 1.54) is 10.9 Å². The van der Waals surface area contributed by atoms with E-state index in [0.717, 1.165) is 31.2 Å². The maximum Gasteiger partial charge on any atom is 0.308 e. The Morgan fingerprint density at radius 1 is 1.19 bits per heavy atom. The van der Waals surface area contributed by atoms with Gasteiger partial charge in [-0.1, -0.05) is 18.2 Å². The van der Waals surface area contributed by atoms with Crippen LogP contribution in [0.4, 0.5) is 0 Å². The third-order valence-electron chi connectivity index (χ3n) is 4.47. The summed E-state index contributed by atoms with van der Waals surface area (Å²) >= 11 is 0. The fourth-order valence-corrected chi connectivity index (χ4v) is 3.37. The van der Waals surface area contributed by atoms with Gasteiger partial charge < -0.3 is 4.74 Å². The van der Waals surface area contributed by atoms with Gasteiger partial charge in [-0.05, 0) is 56.2 Å². The molecule has 0 unspecified atom stereocenters. The highest BCUT2D eigenvalue weighted by atomic mass is 16.5. The second-order valence-corrected chi connectivity index (χ2v) is 5.72. The van der Waals surface area contributed by atoms with Crippen molar-refractivity contribution in [2.75, 3.05) is 6.61 Å². The van der Waals surface area contributed by atoms with Gasteiger partial charge in [0.1, 0.15) is 0 Å². The molecule has 0 saturated heterocycles. The van der Waals surface area contributed by atoms with Gasteiger partial charge in [-0.15, -0.1) is 0 Å². The van der Waals surface area contributed by atoms with E-state index in [1.54, 1.807) is 0 Å². The molecule has 0 aliphatic heterocycles. The summed E-state index contributed by atoms with van der Waals surface area (Å²) in [5.74, 6) is 0.605. The molecule has 0 bridgehead atoms. The Hall–Kier alpha value is -1.90. The summed E-state index contributed by atoms with van der Waals surface area (Å²) in [6.07, 6.45) is 5.87. The van der Waals surface area contributed by atoms with Crippen molar-refractivity contribution in [3.05, 3.63) is 42.1 Å². The van der Waals surface area contributed by atoms with Crippen molar-refractivity contribution in [1.29, 1.82) is 0 Å². The van der Waals surface area contributed by atoms with Crippen LogP contribution in [0.2, 0.25) is 0 Å². The summed E-state index contributed by atoms with van der Waals surface area (Å²) < 4.78 is 5.14. The van der Waals surface area contributed by atoms with E-state index in [-0.39, 0.29) is 11.9 Å². The van der Waals surface area contributed by atoms with Crippen LogP contribution in [0.15, 0.2) is 36.5 Å². The van der Waals surface area contributed by atoms with Gasteiger partial charge in [-0.3, -0.25) is 9.78 Å². The number of para-hydroxylation sites is 1. The molecule has 1 aliphatic rings. The van der Waals surface area contributed by atoms with Gasteiger partial charge in [0.2, 0.25) is 0 Å². The van der Waals surface area contributed by atoms with E-state index in [9.17, 15) is 4.79 Å². The third-order valence-corrected chi connectivity index (χ3v) is 4.47. The minimum Gasteiger partial charge on any atom is -0.466 e. The van der Waals surface area contributed by atoms with Gasteiger partial charge in [0, 0.05) is 11.6 Å². The highest BCUT2D eigenvalue weighted by molar-refractivity contribution is 5.82. The van der Waals surface area contributed by atoms with Gasteiger partial charge in [-0.25, -0.2) is 0 Å². The predicted molar refractivity (Wildman–Crippen MR) is 83.1 cm³/mol. The molecule has 2 aromatic rings. The highest BCUT2D eigenvalue weighted by Crippen LogP contribution is 2.38. The Morgan fingerprint density at radius 2 is 1.95 bits per heavy atom. The number of esters is 1. The van der Waals surface area contributed by atoms with E-state index < -0.39 is 0 Å². The summed E-state index contributed by atoms with van der Waals surface area (Å²) in [6.45, 7) is 2.35. The molecule has 3 heteroatoms. The molecule has 1 aromatic carbocycles. The normalized spacial score (nSPS) is 22.1. The maximum atomic E-state index is 11.8. The Labute approximate surface area is 125 Å². The van der Waals surface area contributed by atoms with Crippen molar-refractivity contribution >= 4 is 16.9 Å². The number of aromatic nitrogens is 1. The van der Waals surface area contributed by atoms with Crippen LogP contribution in [0.25, 0.3) is 10.9 Å². The lowest BCUT2D eigenvalue weighted by Crippen LogP contribution is -2.23. The first-order chi connectivity index (χ1) is 10.3. The summed E-state index contributed by atoms with van der Waals surface area (Å²) in [4.78, 5) is 16.3. The Morgan fingerprint density at radius 3 is 2.71 bits per heavy atom. The average molecular weight is 283 g/mol. The largest absolute Gasteiger partial charge is 0.466 e. The smallest absolute Gasteiger partial charge is 0.308 e. The Kier molecular flexibility index (Phi) is 4.18. The predicted octanol–water partition coefficient (Wildman–Crippen LogP) is 4.07. The molecule has 1 aliphatic carbocycles. The van der Waals surface area contributed by atoms with Crippen molar-refractivity contribution in [3.63, 3.8) is 0 Å². The van der Waals surface area contributed by atoms with Crippen molar-refractivity contribution in [1.82, 2.24) is 4.98 Å². The van der Waals surface area contributed by atoms with Crippen molar-refractivity contribution in [2.24, 2.45) is 5.92 Å². The maximum absolute atomic E-state index is 11.8.